The number of pyridine rings is 2. The van der Waals surface area contributed by atoms with Crippen LogP contribution in [0.25, 0.3) is 0 Å². The van der Waals surface area contributed by atoms with E-state index in [2.05, 4.69) is 36.1 Å². The highest BCUT2D eigenvalue weighted by atomic mass is 16.5. The van der Waals surface area contributed by atoms with Crippen LogP contribution in [-0.2, 0) is 6.54 Å². The molecule has 0 atom stereocenters. The molecule has 4 heteroatoms. The van der Waals surface area contributed by atoms with Crippen LogP contribution in [0.1, 0.15) is 32.0 Å². The summed E-state index contributed by atoms with van der Waals surface area (Å²) >= 11 is 0. The Labute approximate surface area is 120 Å². The molecule has 0 bridgehead atoms. The van der Waals surface area contributed by atoms with Gasteiger partial charge < -0.3 is 10.1 Å². The third-order valence-corrected chi connectivity index (χ3v) is 2.78. The maximum absolute atomic E-state index is 5.89. The molecule has 0 radical (unpaired) electrons. The quantitative estimate of drug-likeness (QED) is 0.925. The van der Waals surface area contributed by atoms with Gasteiger partial charge in [-0.05, 0) is 45.9 Å². The van der Waals surface area contributed by atoms with Gasteiger partial charge in [0.2, 0.25) is 0 Å². The van der Waals surface area contributed by atoms with Gasteiger partial charge in [-0.3, -0.25) is 9.97 Å². The molecule has 2 aromatic heterocycles. The van der Waals surface area contributed by atoms with Crippen molar-refractivity contribution < 1.29 is 4.74 Å². The van der Waals surface area contributed by atoms with Crippen LogP contribution in [0.5, 0.6) is 11.5 Å². The first kappa shape index (κ1) is 14.5. The van der Waals surface area contributed by atoms with Crippen LogP contribution >= 0.6 is 0 Å². The summed E-state index contributed by atoms with van der Waals surface area (Å²) in [6.45, 7) is 9.07. The molecule has 0 unspecified atom stereocenters. The predicted octanol–water partition coefficient (Wildman–Crippen LogP) is 3.47. The summed E-state index contributed by atoms with van der Waals surface area (Å²) in [5.41, 5.74) is 2.06. The van der Waals surface area contributed by atoms with Gasteiger partial charge in [-0.15, -0.1) is 0 Å². The SMILES string of the molecule is Cc1ccc(Oc2ccncc2CNC(C)(C)C)cn1. The molecule has 0 aliphatic carbocycles. The second-order valence-electron chi connectivity index (χ2n) is 5.82. The van der Waals surface area contributed by atoms with Crippen LogP contribution in [0.3, 0.4) is 0 Å². The number of aryl methyl sites for hydroxylation is 1. The molecule has 0 aliphatic heterocycles. The molecule has 0 amide bonds. The number of nitrogens with zero attached hydrogens (tertiary/aromatic N) is 2. The fraction of sp³-hybridized carbons (Fsp3) is 0.375. The van der Waals surface area contributed by atoms with Crippen molar-refractivity contribution in [2.45, 2.75) is 39.8 Å². The molecular weight excluding hydrogens is 250 g/mol. The van der Waals surface area contributed by atoms with E-state index in [0.717, 1.165) is 22.8 Å². The van der Waals surface area contributed by atoms with Crippen molar-refractivity contribution in [1.29, 1.82) is 0 Å². The first-order valence-corrected chi connectivity index (χ1v) is 6.72. The van der Waals surface area contributed by atoms with E-state index in [4.69, 9.17) is 4.74 Å². The van der Waals surface area contributed by atoms with E-state index in [-0.39, 0.29) is 5.54 Å². The molecule has 0 aromatic carbocycles. The van der Waals surface area contributed by atoms with Gasteiger partial charge in [0.15, 0.2) is 0 Å². The molecule has 0 saturated carbocycles. The minimum Gasteiger partial charge on any atom is -0.455 e. The smallest absolute Gasteiger partial charge is 0.145 e. The zero-order valence-corrected chi connectivity index (χ0v) is 12.5. The van der Waals surface area contributed by atoms with Gasteiger partial charge in [0.25, 0.3) is 0 Å². The Morgan fingerprint density at radius 2 is 1.95 bits per heavy atom. The van der Waals surface area contributed by atoms with Crippen molar-refractivity contribution in [3.05, 3.63) is 48.0 Å². The van der Waals surface area contributed by atoms with E-state index < -0.39 is 0 Å². The Morgan fingerprint density at radius 1 is 1.15 bits per heavy atom. The molecule has 0 aliphatic rings. The number of hydrogen-bond acceptors (Lipinski definition) is 4. The fourth-order valence-electron chi connectivity index (χ4n) is 1.65. The maximum Gasteiger partial charge on any atom is 0.145 e. The van der Waals surface area contributed by atoms with Gasteiger partial charge in [-0.1, -0.05) is 0 Å². The number of hydrogen-bond donors (Lipinski definition) is 1. The second kappa shape index (κ2) is 6.01. The van der Waals surface area contributed by atoms with Gasteiger partial charge in [-0.25, -0.2) is 0 Å². The van der Waals surface area contributed by atoms with Crippen molar-refractivity contribution in [3.8, 4) is 11.5 Å². The van der Waals surface area contributed by atoms with Gasteiger partial charge in [0.1, 0.15) is 11.5 Å². The predicted molar refractivity (Wildman–Crippen MR) is 79.9 cm³/mol. The van der Waals surface area contributed by atoms with Crippen LogP contribution in [0.2, 0.25) is 0 Å². The summed E-state index contributed by atoms with van der Waals surface area (Å²) in [6, 6.07) is 5.73. The fourth-order valence-corrected chi connectivity index (χ4v) is 1.65. The van der Waals surface area contributed by atoms with E-state index in [0.29, 0.717) is 6.54 Å². The van der Waals surface area contributed by atoms with Gasteiger partial charge in [0, 0.05) is 35.7 Å². The van der Waals surface area contributed by atoms with Crippen LogP contribution in [0, 0.1) is 6.92 Å². The summed E-state index contributed by atoms with van der Waals surface area (Å²) in [5.74, 6) is 1.54. The molecule has 20 heavy (non-hydrogen) atoms. The average Bonchev–Trinajstić information content (AvgIpc) is 2.39. The Morgan fingerprint density at radius 3 is 2.60 bits per heavy atom. The van der Waals surface area contributed by atoms with Crippen LogP contribution < -0.4 is 10.1 Å². The lowest BCUT2D eigenvalue weighted by molar-refractivity contribution is 0.413. The number of nitrogens with one attached hydrogen (secondary N) is 1. The van der Waals surface area contributed by atoms with Crippen LogP contribution in [0.4, 0.5) is 0 Å². The Balaban J connectivity index is 2.13. The highest BCUT2D eigenvalue weighted by molar-refractivity contribution is 5.35. The van der Waals surface area contributed by atoms with Gasteiger partial charge in [-0.2, -0.15) is 0 Å². The van der Waals surface area contributed by atoms with Crippen molar-refractivity contribution in [1.82, 2.24) is 15.3 Å². The molecule has 0 saturated heterocycles. The Kier molecular flexibility index (Phi) is 4.35. The molecule has 2 heterocycles. The number of aromatic nitrogens is 2. The van der Waals surface area contributed by atoms with E-state index in [1.807, 2.05) is 31.3 Å². The molecule has 1 N–H and O–H groups in total. The van der Waals surface area contributed by atoms with Crippen molar-refractivity contribution in [3.63, 3.8) is 0 Å². The summed E-state index contributed by atoms with van der Waals surface area (Å²) in [6.07, 6.45) is 5.30. The lowest BCUT2D eigenvalue weighted by atomic mass is 10.1. The summed E-state index contributed by atoms with van der Waals surface area (Å²) in [4.78, 5) is 8.40. The minimum atomic E-state index is 0.0541. The van der Waals surface area contributed by atoms with E-state index in [9.17, 15) is 0 Å². The summed E-state index contributed by atoms with van der Waals surface area (Å²) in [7, 11) is 0. The molecule has 4 nitrogen and oxygen atoms in total. The molecule has 2 rings (SSSR count). The molecule has 2 aromatic rings. The average molecular weight is 271 g/mol. The lowest BCUT2D eigenvalue weighted by Gasteiger charge is -2.21. The standard InChI is InChI=1S/C16H21N3O/c1-12-5-6-14(11-18-12)20-15-7-8-17-9-13(15)10-19-16(2,3)4/h5-9,11,19H,10H2,1-4H3. The van der Waals surface area contributed by atoms with Crippen molar-refractivity contribution in [2.24, 2.45) is 0 Å². The van der Waals surface area contributed by atoms with Crippen LogP contribution in [0.15, 0.2) is 36.8 Å². The third kappa shape index (κ3) is 4.31. The zero-order chi connectivity index (χ0) is 14.6. The molecule has 0 fully saturated rings. The largest absolute Gasteiger partial charge is 0.455 e. The zero-order valence-electron chi connectivity index (χ0n) is 12.5. The highest BCUT2D eigenvalue weighted by Gasteiger charge is 2.11. The van der Waals surface area contributed by atoms with E-state index >= 15 is 0 Å². The first-order chi connectivity index (χ1) is 9.44. The summed E-state index contributed by atoms with van der Waals surface area (Å²) < 4.78 is 5.89. The Bertz CT molecular complexity index is 559. The van der Waals surface area contributed by atoms with Gasteiger partial charge in [0.05, 0.1) is 6.20 Å². The van der Waals surface area contributed by atoms with E-state index in [1.54, 1.807) is 12.4 Å². The monoisotopic (exact) mass is 271 g/mol. The normalized spacial score (nSPS) is 11.4. The maximum atomic E-state index is 5.89. The topological polar surface area (TPSA) is 47.0 Å². The molecular formula is C16H21N3O. The van der Waals surface area contributed by atoms with Crippen molar-refractivity contribution >= 4 is 0 Å². The highest BCUT2D eigenvalue weighted by Crippen LogP contribution is 2.24. The van der Waals surface area contributed by atoms with Crippen molar-refractivity contribution in [2.75, 3.05) is 0 Å². The van der Waals surface area contributed by atoms with E-state index in [1.165, 1.54) is 0 Å². The Hall–Kier alpha value is -1.94. The van der Waals surface area contributed by atoms with Gasteiger partial charge >= 0.3 is 0 Å². The number of ether oxygens (including phenoxy) is 1. The number of rotatable bonds is 4. The molecule has 0 spiro atoms. The third-order valence-electron chi connectivity index (χ3n) is 2.78. The first-order valence-electron chi connectivity index (χ1n) is 6.72. The summed E-state index contributed by atoms with van der Waals surface area (Å²) in [5, 5.41) is 3.44. The lowest BCUT2D eigenvalue weighted by Crippen LogP contribution is -2.35. The second-order valence-corrected chi connectivity index (χ2v) is 5.82. The van der Waals surface area contributed by atoms with Crippen LogP contribution in [-0.4, -0.2) is 15.5 Å². The minimum absolute atomic E-state index is 0.0541. The molecule has 106 valence electrons.